The predicted octanol–water partition coefficient (Wildman–Crippen LogP) is 2.49. The normalized spacial score (nSPS) is 20.2. The first-order valence-electron chi connectivity index (χ1n) is 5.41. The number of aldehydes is 1. The van der Waals surface area contributed by atoms with Crippen LogP contribution in [0.1, 0.15) is 12.0 Å². The molecule has 1 unspecified atom stereocenters. The third-order valence-electron chi connectivity index (χ3n) is 2.87. The summed E-state index contributed by atoms with van der Waals surface area (Å²) in [5.74, 6) is 0. The summed E-state index contributed by atoms with van der Waals surface area (Å²) in [6.07, 6.45) is 7.78. The molecular weight excluding hydrogens is 198 g/mol. The van der Waals surface area contributed by atoms with E-state index in [1.165, 1.54) is 11.1 Å². The van der Waals surface area contributed by atoms with Crippen molar-refractivity contribution in [3.63, 3.8) is 0 Å². The van der Waals surface area contributed by atoms with Crippen LogP contribution in [0.4, 0.5) is 0 Å². The summed E-state index contributed by atoms with van der Waals surface area (Å²) < 4.78 is 0. The molecule has 0 saturated heterocycles. The highest BCUT2D eigenvalue weighted by Gasteiger charge is 2.15. The Bertz CT molecular complexity index is 420. The molecule has 1 aromatic rings. The summed E-state index contributed by atoms with van der Waals surface area (Å²) in [4.78, 5) is 12.9. The molecule has 1 aromatic carbocycles. The van der Waals surface area contributed by atoms with E-state index in [2.05, 4.69) is 18.2 Å². The van der Waals surface area contributed by atoms with Crippen molar-refractivity contribution in [2.24, 2.45) is 0 Å². The lowest BCUT2D eigenvalue weighted by Crippen LogP contribution is -2.27. The number of rotatable bonds is 2. The summed E-state index contributed by atoms with van der Waals surface area (Å²) in [7, 11) is 1.93. The largest absolute Gasteiger partial charge is 0.370 e. The van der Waals surface area contributed by atoms with Crippen molar-refractivity contribution in [1.82, 2.24) is 4.90 Å². The Morgan fingerprint density at radius 2 is 2.06 bits per heavy atom. The van der Waals surface area contributed by atoms with E-state index in [1.54, 1.807) is 0 Å². The summed E-state index contributed by atoms with van der Waals surface area (Å²) in [6.45, 7) is 0. The Hall–Kier alpha value is -1.83. The maximum atomic E-state index is 11.0. The van der Waals surface area contributed by atoms with Gasteiger partial charge >= 0.3 is 0 Å². The van der Waals surface area contributed by atoms with Gasteiger partial charge < -0.3 is 9.69 Å². The van der Waals surface area contributed by atoms with Gasteiger partial charge in [0.1, 0.15) is 6.29 Å². The lowest BCUT2D eigenvalue weighted by molar-refractivity contribution is -0.111. The van der Waals surface area contributed by atoms with Gasteiger partial charge in [-0.3, -0.25) is 0 Å². The Morgan fingerprint density at radius 3 is 2.75 bits per heavy atom. The maximum Gasteiger partial charge on any atom is 0.142 e. The molecule has 82 valence electrons. The molecule has 0 radical (unpaired) electrons. The highest BCUT2D eigenvalue weighted by atomic mass is 16.1. The van der Waals surface area contributed by atoms with Crippen molar-refractivity contribution in [3.8, 4) is 0 Å². The number of nitrogens with zero attached hydrogens (tertiary/aromatic N) is 1. The van der Waals surface area contributed by atoms with Crippen LogP contribution in [0.3, 0.4) is 0 Å². The smallest absolute Gasteiger partial charge is 0.142 e. The molecule has 0 fully saturated rings. The monoisotopic (exact) mass is 213 g/mol. The number of carbonyl (C=O) groups excluding carboxylic acids is 1. The van der Waals surface area contributed by atoms with Crippen LogP contribution < -0.4 is 0 Å². The molecule has 0 aromatic heterocycles. The second-order valence-corrected chi connectivity index (χ2v) is 3.97. The Kier molecular flexibility index (Phi) is 3.20. The van der Waals surface area contributed by atoms with Gasteiger partial charge in [0.2, 0.25) is 0 Å². The van der Waals surface area contributed by atoms with Crippen molar-refractivity contribution < 1.29 is 4.79 Å². The maximum absolute atomic E-state index is 11.0. The van der Waals surface area contributed by atoms with E-state index in [0.29, 0.717) is 0 Å². The van der Waals surface area contributed by atoms with E-state index in [0.717, 1.165) is 12.7 Å². The molecule has 1 aliphatic rings. The van der Waals surface area contributed by atoms with E-state index in [4.69, 9.17) is 0 Å². The van der Waals surface area contributed by atoms with Crippen molar-refractivity contribution in [1.29, 1.82) is 0 Å². The minimum absolute atomic E-state index is 0.0646. The van der Waals surface area contributed by atoms with E-state index in [1.807, 2.05) is 42.4 Å². The molecule has 0 N–H and O–H groups in total. The fourth-order valence-corrected chi connectivity index (χ4v) is 1.85. The van der Waals surface area contributed by atoms with Crippen LogP contribution >= 0.6 is 0 Å². The summed E-state index contributed by atoms with van der Waals surface area (Å²) in [5.41, 5.74) is 2.40. The fraction of sp³-hybridized carbons (Fsp3) is 0.214. The topological polar surface area (TPSA) is 20.3 Å². The second kappa shape index (κ2) is 4.79. The first-order valence-corrected chi connectivity index (χ1v) is 5.41. The van der Waals surface area contributed by atoms with Crippen LogP contribution in [0.25, 0.3) is 5.57 Å². The van der Waals surface area contributed by atoms with Crippen LogP contribution in [0.2, 0.25) is 0 Å². The zero-order valence-electron chi connectivity index (χ0n) is 9.34. The number of allylic oxidation sites excluding steroid dienone is 2. The van der Waals surface area contributed by atoms with E-state index in [9.17, 15) is 4.79 Å². The van der Waals surface area contributed by atoms with Gasteiger partial charge in [-0.05, 0) is 23.4 Å². The number of likely N-dealkylation sites (N-methyl/N-ethyl adjacent to an activating group) is 1. The SMILES string of the molecule is CN1C=CC=C(c2ccccc2)CC1C=O. The van der Waals surface area contributed by atoms with E-state index >= 15 is 0 Å². The minimum atomic E-state index is -0.0646. The third-order valence-corrected chi connectivity index (χ3v) is 2.87. The second-order valence-electron chi connectivity index (χ2n) is 3.97. The van der Waals surface area contributed by atoms with Gasteiger partial charge in [0, 0.05) is 13.5 Å². The lowest BCUT2D eigenvalue weighted by atomic mass is 9.99. The van der Waals surface area contributed by atoms with Crippen LogP contribution in [0.5, 0.6) is 0 Å². The van der Waals surface area contributed by atoms with Crippen molar-refractivity contribution in [2.75, 3.05) is 7.05 Å². The minimum Gasteiger partial charge on any atom is -0.370 e. The van der Waals surface area contributed by atoms with Crippen molar-refractivity contribution in [3.05, 3.63) is 54.2 Å². The predicted molar refractivity (Wildman–Crippen MR) is 65.8 cm³/mol. The molecule has 2 rings (SSSR count). The van der Waals surface area contributed by atoms with Gasteiger partial charge in [0.25, 0.3) is 0 Å². The van der Waals surface area contributed by atoms with E-state index in [-0.39, 0.29) is 6.04 Å². The van der Waals surface area contributed by atoms with Gasteiger partial charge in [-0.25, -0.2) is 0 Å². The lowest BCUT2D eigenvalue weighted by Gasteiger charge is -2.20. The van der Waals surface area contributed by atoms with Crippen LogP contribution in [-0.2, 0) is 4.79 Å². The molecule has 0 aliphatic carbocycles. The summed E-state index contributed by atoms with van der Waals surface area (Å²) >= 11 is 0. The highest BCUT2D eigenvalue weighted by Crippen LogP contribution is 2.23. The van der Waals surface area contributed by atoms with Gasteiger partial charge in [-0.1, -0.05) is 36.4 Å². The van der Waals surface area contributed by atoms with Gasteiger partial charge in [0.05, 0.1) is 6.04 Å². The number of carbonyl (C=O) groups is 1. The quantitative estimate of drug-likeness (QED) is 0.703. The molecule has 0 amide bonds. The Labute approximate surface area is 95.9 Å². The highest BCUT2D eigenvalue weighted by molar-refractivity contribution is 5.72. The molecule has 1 heterocycles. The molecule has 2 nitrogen and oxygen atoms in total. The van der Waals surface area contributed by atoms with Gasteiger partial charge in [-0.2, -0.15) is 0 Å². The van der Waals surface area contributed by atoms with Gasteiger partial charge in [-0.15, -0.1) is 0 Å². The average molecular weight is 213 g/mol. The average Bonchev–Trinajstić information content (AvgIpc) is 2.52. The Morgan fingerprint density at radius 1 is 1.31 bits per heavy atom. The fourth-order valence-electron chi connectivity index (χ4n) is 1.85. The molecule has 0 spiro atoms. The number of hydrogen-bond acceptors (Lipinski definition) is 2. The number of benzene rings is 1. The molecule has 0 saturated carbocycles. The molecule has 2 heteroatoms. The van der Waals surface area contributed by atoms with Crippen LogP contribution in [0, 0.1) is 0 Å². The van der Waals surface area contributed by atoms with Crippen molar-refractivity contribution in [2.45, 2.75) is 12.5 Å². The third kappa shape index (κ3) is 2.22. The molecular formula is C14H15NO. The van der Waals surface area contributed by atoms with Crippen molar-refractivity contribution >= 4 is 11.9 Å². The molecule has 0 bridgehead atoms. The van der Waals surface area contributed by atoms with Crippen LogP contribution in [0.15, 0.2) is 48.7 Å². The standard InChI is InChI=1S/C14H15NO/c1-15-9-5-8-13(10-14(15)11-16)12-6-3-2-4-7-12/h2-9,11,14H,10H2,1H3. The van der Waals surface area contributed by atoms with Crippen LogP contribution in [-0.4, -0.2) is 24.3 Å². The molecule has 1 aliphatic heterocycles. The summed E-state index contributed by atoms with van der Waals surface area (Å²) in [6, 6.07) is 10.1. The zero-order valence-corrected chi connectivity index (χ0v) is 9.34. The van der Waals surface area contributed by atoms with Gasteiger partial charge in [0.15, 0.2) is 0 Å². The zero-order chi connectivity index (χ0) is 11.4. The summed E-state index contributed by atoms with van der Waals surface area (Å²) in [5, 5.41) is 0. The van der Waals surface area contributed by atoms with E-state index < -0.39 is 0 Å². The molecule has 16 heavy (non-hydrogen) atoms. The molecule has 1 atom stereocenters. The first-order chi connectivity index (χ1) is 7.81. The number of hydrogen-bond donors (Lipinski definition) is 0. The first kappa shape index (κ1) is 10.7. The Balaban J connectivity index is 2.27.